The van der Waals surface area contributed by atoms with Gasteiger partial charge in [-0.3, -0.25) is 4.79 Å². The average Bonchev–Trinajstić information content (AvgIpc) is 3.15. The summed E-state index contributed by atoms with van der Waals surface area (Å²) < 4.78 is 0. The van der Waals surface area contributed by atoms with Gasteiger partial charge in [-0.2, -0.15) is 0 Å². The van der Waals surface area contributed by atoms with E-state index < -0.39 is 0 Å². The van der Waals surface area contributed by atoms with Gasteiger partial charge in [0, 0.05) is 18.5 Å². The van der Waals surface area contributed by atoms with Crippen molar-refractivity contribution in [2.75, 3.05) is 6.54 Å². The first kappa shape index (κ1) is 21.4. The number of nitrogens with zero attached hydrogens (tertiary/aromatic N) is 1. The van der Waals surface area contributed by atoms with E-state index in [0.717, 1.165) is 35.3 Å². The van der Waals surface area contributed by atoms with E-state index in [1.165, 1.54) is 11.1 Å². The van der Waals surface area contributed by atoms with Crippen molar-refractivity contribution in [2.24, 2.45) is 23.7 Å². The molecule has 2 aromatic carbocycles. The Labute approximate surface area is 185 Å². The van der Waals surface area contributed by atoms with Crippen LogP contribution in [0.4, 0.5) is 0 Å². The molecule has 3 aromatic rings. The van der Waals surface area contributed by atoms with Crippen LogP contribution in [0.2, 0.25) is 0 Å². The number of aromatic nitrogens is 2. The second-order valence-electron chi connectivity index (χ2n) is 9.40. The van der Waals surface area contributed by atoms with E-state index in [1.54, 1.807) is 0 Å². The minimum atomic E-state index is 0.00820. The van der Waals surface area contributed by atoms with Gasteiger partial charge in [-0.05, 0) is 73.8 Å². The molecule has 0 spiro atoms. The zero-order chi connectivity index (χ0) is 22.0. The Morgan fingerprint density at radius 3 is 2.68 bits per heavy atom. The molecule has 1 aromatic heterocycles. The normalized spacial score (nSPS) is 21.3. The molecule has 0 unspecified atom stereocenters. The first-order chi connectivity index (χ1) is 14.9. The van der Waals surface area contributed by atoms with E-state index >= 15 is 0 Å². The highest BCUT2D eigenvalue weighted by molar-refractivity contribution is 5.94. The third kappa shape index (κ3) is 4.90. The number of hydrogen-bond acceptors (Lipinski definition) is 2. The highest BCUT2D eigenvalue weighted by Crippen LogP contribution is 2.38. The maximum absolute atomic E-state index is 12.5. The molecule has 1 aliphatic carbocycles. The number of aryl methyl sites for hydroxylation is 1. The lowest BCUT2D eigenvalue weighted by Crippen LogP contribution is -2.37. The molecule has 0 saturated carbocycles. The fraction of sp³-hybridized carbons (Fsp3) is 0.407. The Hall–Kier alpha value is -2.88. The molecular formula is C27H33N3O. The minimum Gasteiger partial charge on any atom is -0.351 e. The van der Waals surface area contributed by atoms with Crippen molar-refractivity contribution in [2.45, 2.75) is 40.5 Å². The molecule has 4 rings (SSSR count). The molecule has 0 aliphatic heterocycles. The van der Waals surface area contributed by atoms with Crippen LogP contribution in [-0.4, -0.2) is 22.4 Å². The lowest BCUT2D eigenvalue weighted by Gasteiger charge is -2.37. The zero-order valence-electron chi connectivity index (χ0n) is 19.0. The van der Waals surface area contributed by atoms with Crippen LogP contribution in [0.1, 0.15) is 48.9 Å². The number of amides is 1. The number of benzene rings is 2. The quantitative estimate of drug-likeness (QED) is 0.508. The second kappa shape index (κ2) is 9.09. The van der Waals surface area contributed by atoms with Crippen LogP contribution in [-0.2, 0) is 6.42 Å². The molecule has 0 saturated heterocycles. The first-order valence-electron chi connectivity index (χ1n) is 11.4. The maximum Gasteiger partial charge on any atom is 0.251 e. The minimum absolute atomic E-state index is 0.00820. The number of H-pyrrole nitrogens is 1. The van der Waals surface area contributed by atoms with Crippen LogP contribution in [0.3, 0.4) is 0 Å². The smallest absolute Gasteiger partial charge is 0.251 e. The summed E-state index contributed by atoms with van der Waals surface area (Å²) in [6.07, 6.45) is 4.46. The molecule has 4 nitrogen and oxygen atoms in total. The van der Waals surface area contributed by atoms with Gasteiger partial charge in [-0.1, -0.05) is 49.8 Å². The van der Waals surface area contributed by atoms with Crippen molar-refractivity contribution in [3.63, 3.8) is 0 Å². The lowest BCUT2D eigenvalue weighted by molar-refractivity contribution is 0.0939. The van der Waals surface area contributed by atoms with Crippen molar-refractivity contribution in [1.82, 2.24) is 15.3 Å². The highest BCUT2D eigenvalue weighted by Gasteiger charge is 2.32. The Balaban J connectivity index is 1.47. The first-order valence-corrected chi connectivity index (χ1v) is 11.4. The fourth-order valence-corrected chi connectivity index (χ4v) is 4.92. The van der Waals surface area contributed by atoms with Crippen LogP contribution in [0.25, 0.3) is 11.0 Å². The average molecular weight is 416 g/mol. The summed E-state index contributed by atoms with van der Waals surface area (Å²) in [5, 5.41) is 3.16. The van der Waals surface area contributed by atoms with Crippen LogP contribution in [0.5, 0.6) is 0 Å². The van der Waals surface area contributed by atoms with E-state index in [2.05, 4.69) is 62.3 Å². The SMILES string of the molecule is CC1=C[C@@H](CNC(=O)c2ccccc2)[C@H](C(C)C)C[C@H]1Cc1nc2ccc(C)cc2[nH]1. The van der Waals surface area contributed by atoms with E-state index in [1.807, 2.05) is 30.3 Å². The molecule has 1 heterocycles. The van der Waals surface area contributed by atoms with Gasteiger partial charge < -0.3 is 10.3 Å². The van der Waals surface area contributed by atoms with Gasteiger partial charge in [-0.15, -0.1) is 0 Å². The van der Waals surface area contributed by atoms with Crippen molar-refractivity contribution in [1.29, 1.82) is 0 Å². The Morgan fingerprint density at radius 2 is 1.94 bits per heavy atom. The van der Waals surface area contributed by atoms with Gasteiger partial charge >= 0.3 is 0 Å². The molecule has 2 N–H and O–H groups in total. The number of hydrogen-bond donors (Lipinski definition) is 2. The summed E-state index contributed by atoms with van der Waals surface area (Å²) in [6.45, 7) is 9.63. The van der Waals surface area contributed by atoms with Gasteiger partial charge in [-0.25, -0.2) is 4.98 Å². The van der Waals surface area contributed by atoms with E-state index in [-0.39, 0.29) is 5.91 Å². The topological polar surface area (TPSA) is 57.8 Å². The number of imidazole rings is 1. The number of fused-ring (bicyclic) bond motifs is 1. The number of rotatable bonds is 6. The van der Waals surface area contributed by atoms with Crippen molar-refractivity contribution in [3.8, 4) is 0 Å². The fourth-order valence-electron chi connectivity index (χ4n) is 4.92. The number of aromatic amines is 1. The maximum atomic E-state index is 12.5. The van der Waals surface area contributed by atoms with Gasteiger partial charge in [0.15, 0.2) is 0 Å². The van der Waals surface area contributed by atoms with Gasteiger partial charge in [0.2, 0.25) is 0 Å². The lowest BCUT2D eigenvalue weighted by atomic mass is 9.69. The van der Waals surface area contributed by atoms with Gasteiger partial charge in [0.05, 0.1) is 11.0 Å². The van der Waals surface area contributed by atoms with Crippen molar-refractivity contribution >= 4 is 16.9 Å². The molecule has 3 atom stereocenters. The van der Waals surface area contributed by atoms with Crippen molar-refractivity contribution < 1.29 is 4.79 Å². The third-order valence-electron chi connectivity index (χ3n) is 6.74. The van der Waals surface area contributed by atoms with E-state index in [0.29, 0.717) is 30.2 Å². The van der Waals surface area contributed by atoms with Crippen molar-refractivity contribution in [3.05, 3.63) is 77.1 Å². The molecule has 162 valence electrons. The zero-order valence-corrected chi connectivity index (χ0v) is 19.0. The third-order valence-corrected chi connectivity index (χ3v) is 6.74. The Kier molecular flexibility index (Phi) is 6.26. The monoisotopic (exact) mass is 415 g/mol. The Morgan fingerprint density at radius 1 is 1.16 bits per heavy atom. The van der Waals surface area contributed by atoms with Gasteiger partial charge in [0.25, 0.3) is 5.91 Å². The number of nitrogens with one attached hydrogen (secondary N) is 2. The predicted molar refractivity (Wildman–Crippen MR) is 127 cm³/mol. The summed E-state index contributed by atoms with van der Waals surface area (Å²) in [5.74, 6) is 3.02. The molecule has 0 fully saturated rings. The largest absolute Gasteiger partial charge is 0.351 e. The summed E-state index contributed by atoms with van der Waals surface area (Å²) >= 11 is 0. The van der Waals surface area contributed by atoms with E-state index in [9.17, 15) is 4.79 Å². The summed E-state index contributed by atoms with van der Waals surface area (Å²) in [6, 6.07) is 15.8. The number of allylic oxidation sites excluding steroid dienone is 1. The molecule has 0 radical (unpaired) electrons. The second-order valence-corrected chi connectivity index (χ2v) is 9.40. The van der Waals surface area contributed by atoms with Crippen LogP contribution < -0.4 is 5.32 Å². The predicted octanol–water partition coefficient (Wildman–Crippen LogP) is 5.70. The number of carbonyl (C=O) groups excluding carboxylic acids is 1. The number of carbonyl (C=O) groups is 1. The molecule has 31 heavy (non-hydrogen) atoms. The molecule has 1 amide bonds. The molecule has 4 heteroatoms. The molecular weight excluding hydrogens is 382 g/mol. The standard InChI is InChI=1S/C27H33N3O/c1-17(2)23-14-21(15-26-29-24-11-10-18(3)12-25(24)30-26)19(4)13-22(23)16-28-27(31)20-8-6-5-7-9-20/h5-13,17,21-23H,14-16H2,1-4H3,(H,28,31)(H,29,30)/t21-,22-,23-/m0/s1. The van der Waals surface area contributed by atoms with Crippen LogP contribution in [0, 0.1) is 30.6 Å². The van der Waals surface area contributed by atoms with Crippen LogP contribution >= 0.6 is 0 Å². The molecule has 0 bridgehead atoms. The summed E-state index contributed by atoms with van der Waals surface area (Å²) in [4.78, 5) is 20.9. The summed E-state index contributed by atoms with van der Waals surface area (Å²) in [5.41, 5.74) is 5.54. The van der Waals surface area contributed by atoms with Gasteiger partial charge in [0.1, 0.15) is 5.82 Å². The molecule has 1 aliphatic rings. The van der Waals surface area contributed by atoms with Crippen LogP contribution in [0.15, 0.2) is 60.2 Å². The highest BCUT2D eigenvalue weighted by atomic mass is 16.1. The Bertz CT molecular complexity index is 1080. The summed E-state index contributed by atoms with van der Waals surface area (Å²) in [7, 11) is 0. The van der Waals surface area contributed by atoms with E-state index in [4.69, 9.17) is 4.98 Å².